The van der Waals surface area contributed by atoms with Crippen molar-refractivity contribution in [3.8, 4) is 6.07 Å². The van der Waals surface area contributed by atoms with Crippen LogP contribution < -0.4 is 10.6 Å². The summed E-state index contributed by atoms with van der Waals surface area (Å²) in [7, 11) is -3.55. The van der Waals surface area contributed by atoms with E-state index in [2.05, 4.69) is 10.6 Å². The van der Waals surface area contributed by atoms with Crippen LogP contribution >= 0.6 is 0 Å². The van der Waals surface area contributed by atoms with E-state index >= 15 is 0 Å². The fraction of sp³-hybridized carbons (Fsp3) is 0.304. The van der Waals surface area contributed by atoms with E-state index < -0.39 is 33.9 Å². The molecule has 0 saturated carbocycles. The second-order valence-electron chi connectivity index (χ2n) is 7.63. The molecule has 0 spiro atoms. The van der Waals surface area contributed by atoms with Crippen LogP contribution in [0.15, 0.2) is 53.4 Å². The van der Waals surface area contributed by atoms with E-state index in [0.717, 1.165) is 12.8 Å². The molecule has 2 N–H and O–H groups in total. The molecule has 2 aromatic rings. The first-order chi connectivity index (χ1) is 16.2. The molecule has 10 nitrogen and oxygen atoms in total. The van der Waals surface area contributed by atoms with Crippen LogP contribution in [-0.4, -0.2) is 49.7 Å². The third-order valence-corrected chi connectivity index (χ3v) is 7.03. The zero-order valence-corrected chi connectivity index (χ0v) is 19.3. The number of nitrogens with zero attached hydrogens (tertiary/aromatic N) is 2. The normalized spacial score (nSPS) is 14.6. The summed E-state index contributed by atoms with van der Waals surface area (Å²) in [4.78, 5) is 36.3. The number of ether oxygens (including phenoxy) is 1. The van der Waals surface area contributed by atoms with Crippen LogP contribution in [-0.2, 0) is 24.3 Å². The van der Waals surface area contributed by atoms with Crippen molar-refractivity contribution in [1.82, 2.24) is 4.31 Å². The smallest absolute Gasteiger partial charge is 0.338 e. The van der Waals surface area contributed by atoms with Crippen LogP contribution in [0.1, 0.15) is 36.5 Å². The number of carbonyl (C=O) groups is 3. The van der Waals surface area contributed by atoms with Gasteiger partial charge in [-0.2, -0.15) is 9.57 Å². The predicted molar refractivity (Wildman–Crippen MR) is 123 cm³/mol. The summed E-state index contributed by atoms with van der Waals surface area (Å²) in [5, 5.41) is 13.6. The lowest BCUT2D eigenvalue weighted by Gasteiger charge is -2.16. The van der Waals surface area contributed by atoms with Crippen LogP contribution in [0, 0.1) is 11.3 Å². The molecule has 0 aromatic heterocycles. The van der Waals surface area contributed by atoms with Gasteiger partial charge >= 0.3 is 5.97 Å². The standard InChI is InChI=1S/C23H24N4O6S/c1-16(33-23(30)17-4-6-18(7-5-17)25-21(28)12-13-24)22(29)26-19-8-10-20(11-9-19)34(31,32)27-14-2-3-15-27/h4-11,16H,2-3,12,14-15H2,1H3,(H,25,28)(H,26,29)/t16-/m1/s1. The Bertz CT molecular complexity index is 1200. The molecule has 0 aliphatic carbocycles. The summed E-state index contributed by atoms with van der Waals surface area (Å²) in [6, 6.07) is 13.4. The molecular weight excluding hydrogens is 460 g/mol. The fourth-order valence-corrected chi connectivity index (χ4v) is 4.80. The van der Waals surface area contributed by atoms with Crippen LogP contribution in [0.4, 0.5) is 11.4 Å². The largest absolute Gasteiger partial charge is 0.449 e. The molecule has 1 heterocycles. The molecule has 1 aliphatic heterocycles. The zero-order valence-electron chi connectivity index (χ0n) is 18.5. The Kier molecular flexibility index (Phi) is 7.99. The maximum absolute atomic E-state index is 12.6. The van der Waals surface area contributed by atoms with Crippen LogP contribution in [0.2, 0.25) is 0 Å². The molecule has 1 fully saturated rings. The Balaban J connectivity index is 1.55. The number of hydrogen-bond acceptors (Lipinski definition) is 7. The van der Waals surface area contributed by atoms with Gasteiger partial charge in [-0.1, -0.05) is 0 Å². The molecule has 34 heavy (non-hydrogen) atoms. The van der Waals surface area contributed by atoms with E-state index in [9.17, 15) is 22.8 Å². The number of sulfonamides is 1. The van der Waals surface area contributed by atoms with Crippen molar-refractivity contribution in [1.29, 1.82) is 5.26 Å². The first-order valence-electron chi connectivity index (χ1n) is 10.6. The summed E-state index contributed by atoms with van der Waals surface area (Å²) in [6.07, 6.45) is 0.281. The maximum Gasteiger partial charge on any atom is 0.338 e. The number of carbonyl (C=O) groups excluding carboxylic acids is 3. The van der Waals surface area contributed by atoms with Crippen molar-refractivity contribution in [2.24, 2.45) is 0 Å². The molecule has 0 bridgehead atoms. The highest BCUT2D eigenvalue weighted by Gasteiger charge is 2.27. The lowest BCUT2D eigenvalue weighted by molar-refractivity contribution is -0.123. The van der Waals surface area contributed by atoms with Gasteiger partial charge in [0.25, 0.3) is 5.91 Å². The van der Waals surface area contributed by atoms with Crippen molar-refractivity contribution in [2.75, 3.05) is 23.7 Å². The number of benzene rings is 2. The molecule has 2 amide bonds. The van der Waals surface area contributed by atoms with Crippen LogP contribution in [0.3, 0.4) is 0 Å². The summed E-state index contributed by atoms with van der Waals surface area (Å²) >= 11 is 0. The molecule has 0 radical (unpaired) electrons. The third-order valence-electron chi connectivity index (χ3n) is 5.12. The highest BCUT2D eigenvalue weighted by atomic mass is 32.2. The molecule has 3 rings (SSSR count). The summed E-state index contributed by atoms with van der Waals surface area (Å²) in [5.74, 6) is -1.78. The van der Waals surface area contributed by atoms with Crippen molar-refractivity contribution in [2.45, 2.75) is 37.2 Å². The van der Waals surface area contributed by atoms with Crippen molar-refractivity contribution in [3.63, 3.8) is 0 Å². The molecule has 2 aromatic carbocycles. The zero-order chi connectivity index (χ0) is 24.7. The van der Waals surface area contributed by atoms with Gasteiger partial charge in [-0.25, -0.2) is 13.2 Å². The minimum atomic E-state index is -3.55. The topological polar surface area (TPSA) is 146 Å². The highest BCUT2D eigenvalue weighted by Crippen LogP contribution is 2.22. The second kappa shape index (κ2) is 10.9. The summed E-state index contributed by atoms with van der Waals surface area (Å²) in [5.41, 5.74) is 0.956. The molecule has 1 aliphatic rings. The molecular formula is C23H24N4O6S. The Morgan fingerprint density at radius 2 is 1.56 bits per heavy atom. The minimum Gasteiger partial charge on any atom is -0.449 e. The average Bonchev–Trinajstić information content (AvgIpc) is 3.36. The Morgan fingerprint density at radius 1 is 1.00 bits per heavy atom. The number of amides is 2. The van der Waals surface area contributed by atoms with Gasteiger partial charge in [0, 0.05) is 24.5 Å². The molecule has 11 heteroatoms. The fourth-order valence-electron chi connectivity index (χ4n) is 3.28. The van der Waals surface area contributed by atoms with Gasteiger partial charge in [0.15, 0.2) is 6.10 Å². The summed E-state index contributed by atoms with van der Waals surface area (Å²) < 4.78 is 31.8. The molecule has 0 unspecified atom stereocenters. The number of nitrogens with one attached hydrogen (secondary N) is 2. The minimum absolute atomic E-state index is 0.152. The first-order valence-corrected chi connectivity index (χ1v) is 12.0. The molecule has 178 valence electrons. The van der Waals surface area contributed by atoms with E-state index in [1.807, 2.05) is 0 Å². The van der Waals surface area contributed by atoms with Gasteiger partial charge in [0.05, 0.1) is 16.5 Å². The Morgan fingerprint density at radius 3 is 2.15 bits per heavy atom. The van der Waals surface area contributed by atoms with Crippen molar-refractivity contribution < 1.29 is 27.5 Å². The number of anilines is 2. The monoisotopic (exact) mass is 484 g/mol. The van der Waals surface area contributed by atoms with Gasteiger partial charge in [-0.3, -0.25) is 9.59 Å². The Labute approximate surface area is 197 Å². The molecule has 1 atom stereocenters. The van der Waals surface area contributed by atoms with Gasteiger partial charge in [0.2, 0.25) is 15.9 Å². The van der Waals surface area contributed by atoms with Crippen LogP contribution in [0.25, 0.3) is 0 Å². The second-order valence-corrected chi connectivity index (χ2v) is 9.57. The number of esters is 1. The lowest BCUT2D eigenvalue weighted by atomic mass is 10.2. The van der Waals surface area contributed by atoms with Gasteiger partial charge in [-0.15, -0.1) is 0 Å². The third kappa shape index (κ3) is 6.18. The average molecular weight is 485 g/mol. The van der Waals surface area contributed by atoms with E-state index in [-0.39, 0.29) is 16.9 Å². The SMILES string of the molecule is C[C@@H](OC(=O)c1ccc(NC(=O)CC#N)cc1)C(=O)Nc1ccc(S(=O)(=O)N2CCCC2)cc1. The Hall–Kier alpha value is -3.75. The van der Waals surface area contributed by atoms with E-state index in [1.165, 1.54) is 59.8 Å². The van der Waals surface area contributed by atoms with E-state index in [0.29, 0.717) is 24.5 Å². The number of rotatable bonds is 8. The number of nitriles is 1. The van der Waals surface area contributed by atoms with Crippen molar-refractivity contribution in [3.05, 3.63) is 54.1 Å². The van der Waals surface area contributed by atoms with Crippen molar-refractivity contribution >= 4 is 39.2 Å². The summed E-state index contributed by atoms with van der Waals surface area (Å²) in [6.45, 7) is 2.42. The highest BCUT2D eigenvalue weighted by molar-refractivity contribution is 7.89. The first kappa shape index (κ1) is 24.9. The predicted octanol–water partition coefficient (Wildman–Crippen LogP) is 2.51. The van der Waals surface area contributed by atoms with E-state index in [1.54, 1.807) is 6.07 Å². The van der Waals surface area contributed by atoms with Gasteiger partial charge in [0.1, 0.15) is 6.42 Å². The van der Waals surface area contributed by atoms with E-state index in [4.69, 9.17) is 10.00 Å². The van der Waals surface area contributed by atoms with Crippen LogP contribution in [0.5, 0.6) is 0 Å². The van der Waals surface area contributed by atoms with Gasteiger partial charge in [-0.05, 0) is 68.3 Å². The quantitative estimate of drug-likeness (QED) is 0.547. The molecule has 1 saturated heterocycles. The maximum atomic E-state index is 12.6. The van der Waals surface area contributed by atoms with Gasteiger partial charge < -0.3 is 15.4 Å². The number of hydrogen-bond donors (Lipinski definition) is 2. The lowest BCUT2D eigenvalue weighted by Crippen LogP contribution is -2.30.